The molecule has 0 aliphatic carbocycles. The molecule has 0 atom stereocenters. The third kappa shape index (κ3) is 6.42. The average Bonchev–Trinajstić information content (AvgIpc) is 2.62. The van der Waals surface area contributed by atoms with Crippen molar-refractivity contribution in [1.82, 2.24) is 10.2 Å². The summed E-state index contributed by atoms with van der Waals surface area (Å²) in [5, 5.41) is 5.70. The number of likely N-dealkylation sites (N-methyl/N-ethyl adjacent to an activating group) is 1. The summed E-state index contributed by atoms with van der Waals surface area (Å²) >= 11 is 0. The van der Waals surface area contributed by atoms with Crippen LogP contribution in [0.4, 0.5) is 5.69 Å². The summed E-state index contributed by atoms with van der Waals surface area (Å²) in [6.45, 7) is 5.20. The Morgan fingerprint density at radius 3 is 2.15 bits per heavy atom. The molecule has 0 spiro atoms. The van der Waals surface area contributed by atoms with Gasteiger partial charge in [-0.05, 0) is 64.3 Å². The first-order valence-corrected chi connectivity index (χ1v) is 8.97. The minimum Gasteiger partial charge on any atom is -0.489 e. The van der Waals surface area contributed by atoms with E-state index in [0.717, 1.165) is 6.54 Å². The number of nitrogens with one attached hydrogen (secondary N) is 2. The summed E-state index contributed by atoms with van der Waals surface area (Å²) in [5.74, 6) is 0.214. The van der Waals surface area contributed by atoms with E-state index in [2.05, 4.69) is 10.6 Å². The molecule has 0 radical (unpaired) electrons. The molecule has 2 amide bonds. The molecule has 2 aromatic carbocycles. The first-order valence-electron chi connectivity index (χ1n) is 8.97. The lowest BCUT2D eigenvalue weighted by atomic mass is 10.1. The van der Waals surface area contributed by atoms with Gasteiger partial charge in [0.2, 0.25) is 0 Å². The van der Waals surface area contributed by atoms with Crippen LogP contribution in [0, 0.1) is 0 Å². The Hall–Kier alpha value is -2.86. The third-order valence-electron chi connectivity index (χ3n) is 3.75. The number of carbonyl (C=O) groups is 2. The molecular weight excluding hydrogens is 342 g/mol. The molecule has 0 saturated carbocycles. The molecule has 0 saturated heterocycles. The summed E-state index contributed by atoms with van der Waals surface area (Å²) in [7, 11) is 3.90. The summed E-state index contributed by atoms with van der Waals surface area (Å²) in [6, 6.07) is 13.9. The second-order valence-corrected chi connectivity index (χ2v) is 6.75. The standard InChI is InChI=1S/C21H27N3O3/c1-15(2)27-19-8-6-5-7-18(19)23-21(26)17-11-9-16(10-12-17)20(25)22-13-14-24(3)4/h5-12,15H,13-14H2,1-4H3,(H,22,25)(H,23,26). The molecule has 0 bridgehead atoms. The van der Waals surface area contributed by atoms with Gasteiger partial charge in [-0.1, -0.05) is 12.1 Å². The maximum atomic E-state index is 12.5. The van der Waals surface area contributed by atoms with Crippen molar-refractivity contribution in [2.45, 2.75) is 20.0 Å². The number of anilines is 1. The number of nitrogens with zero attached hydrogens (tertiary/aromatic N) is 1. The Labute approximate surface area is 160 Å². The summed E-state index contributed by atoms with van der Waals surface area (Å²) in [4.78, 5) is 26.6. The number of benzene rings is 2. The van der Waals surface area contributed by atoms with E-state index < -0.39 is 0 Å². The van der Waals surface area contributed by atoms with Gasteiger partial charge in [0.25, 0.3) is 11.8 Å². The zero-order valence-electron chi connectivity index (χ0n) is 16.3. The summed E-state index contributed by atoms with van der Waals surface area (Å²) in [5.41, 5.74) is 1.61. The van der Waals surface area contributed by atoms with Crippen LogP contribution in [0.25, 0.3) is 0 Å². The molecule has 27 heavy (non-hydrogen) atoms. The maximum Gasteiger partial charge on any atom is 0.255 e. The van der Waals surface area contributed by atoms with E-state index >= 15 is 0 Å². The van der Waals surface area contributed by atoms with E-state index in [1.54, 1.807) is 30.3 Å². The van der Waals surface area contributed by atoms with Crippen molar-refractivity contribution in [3.8, 4) is 5.75 Å². The number of para-hydroxylation sites is 2. The van der Waals surface area contributed by atoms with Gasteiger partial charge in [-0.3, -0.25) is 9.59 Å². The monoisotopic (exact) mass is 369 g/mol. The molecule has 0 unspecified atom stereocenters. The SMILES string of the molecule is CC(C)Oc1ccccc1NC(=O)c1ccc(C(=O)NCCN(C)C)cc1. The minimum absolute atomic E-state index is 0.00773. The quantitative estimate of drug-likeness (QED) is 0.750. The van der Waals surface area contributed by atoms with Crippen molar-refractivity contribution in [3.05, 3.63) is 59.7 Å². The largest absolute Gasteiger partial charge is 0.489 e. The molecule has 0 fully saturated rings. The number of hydrogen-bond donors (Lipinski definition) is 2. The lowest BCUT2D eigenvalue weighted by Gasteiger charge is -2.15. The van der Waals surface area contributed by atoms with E-state index in [0.29, 0.717) is 29.1 Å². The number of hydrogen-bond acceptors (Lipinski definition) is 4. The van der Waals surface area contributed by atoms with Crippen LogP contribution in [-0.4, -0.2) is 50.0 Å². The maximum absolute atomic E-state index is 12.5. The molecule has 6 heteroatoms. The number of ether oxygens (including phenoxy) is 1. The summed E-state index contributed by atoms with van der Waals surface area (Å²) < 4.78 is 5.72. The van der Waals surface area contributed by atoms with E-state index in [-0.39, 0.29) is 17.9 Å². The highest BCUT2D eigenvalue weighted by Crippen LogP contribution is 2.25. The topological polar surface area (TPSA) is 70.7 Å². The van der Waals surface area contributed by atoms with Gasteiger partial charge in [-0.15, -0.1) is 0 Å². The van der Waals surface area contributed by atoms with E-state index in [1.165, 1.54) is 0 Å². The van der Waals surface area contributed by atoms with Crippen LogP contribution in [0.2, 0.25) is 0 Å². The molecule has 0 aromatic heterocycles. The second kappa shape index (κ2) is 9.73. The van der Waals surface area contributed by atoms with E-state index in [4.69, 9.17) is 4.74 Å². The first-order chi connectivity index (χ1) is 12.9. The van der Waals surface area contributed by atoms with Crippen molar-refractivity contribution in [3.63, 3.8) is 0 Å². The highest BCUT2D eigenvalue weighted by Gasteiger charge is 2.12. The van der Waals surface area contributed by atoms with Crippen molar-refractivity contribution in [1.29, 1.82) is 0 Å². The molecule has 0 aliphatic heterocycles. The highest BCUT2D eigenvalue weighted by atomic mass is 16.5. The summed E-state index contributed by atoms with van der Waals surface area (Å²) in [6.07, 6.45) is 0.00773. The number of carbonyl (C=O) groups excluding carboxylic acids is 2. The van der Waals surface area contributed by atoms with E-state index in [1.807, 2.05) is 51.0 Å². The van der Waals surface area contributed by atoms with E-state index in [9.17, 15) is 9.59 Å². The number of amides is 2. The Morgan fingerprint density at radius 2 is 1.56 bits per heavy atom. The lowest BCUT2D eigenvalue weighted by molar-refractivity contribution is 0.0949. The van der Waals surface area contributed by atoms with Crippen LogP contribution < -0.4 is 15.4 Å². The molecule has 144 valence electrons. The van der Waals surface area contributed by atoms with Crippen LogP contribution in [0.5, 0.6) is 5.75 Å². The Kier molecular flexibility index (Phi) is 7.37. The van der Waals surface area contributed by atoms with Crippen molar-refractivity contribution in [2.75, 3.05) is 32.5 Å². The minimum atomic E-state index is -0.255. The fourth-order valence-corrected chi connectivity index (χ4v) is 2.39. The highest BCUT2D eigenvalue weighted by molar-refractivity contribution is 6.05. The molecule has 0 aliphatic rings. The lowest BCUT2D eigenvalue weighted by Crippen LogP contribution is -2.31. The van der Waals surface area contributed by atoms with Gasteiger partial charge in [0.1, 0.15) is 5.75 Å². The van der Waals surface area contributed by atoms with Gasteiger partial charge in [-0.25, -0.2) is 0 Å². The number of rotatable bonds is 8. The van der Waals surface area contributed by atoms with Crippen LogP contribution in [0.15, 0.2) is 48.5 Å². The zero-order valence-corrected chi connectivity index (χ0v) is 16.3. The smallest absolute Gasteiger partial charge is 0.255 e. The normalized spacial score (nSPS) is 10.7. The fraction of sp³-hybridized carbons (Fsp3) is 0.333. The third-order valence-corrected chi connectivity index (χ3v) is 3.75. The molecule has 2 N–H and O–H groups in total. The molecule has 0 heterocycles. The van der Waals surface area contributed by atoms with Crippen LogP contribution in [-0.2, 0) is 0 Å². The van der Waals surface area contributed by atoms with Crippen LogP contribution >= 0.6 is 0 Å². The molecule has 2 rings (SSSR count). The van der Waals surface area contributed by atoms with Gasteiger partial charge < -0.3 is 20.3 Å². The predicted molar refractivity (Wildman–Crippen MR) is 107 cm³/mol. The van der Waals surface area contributed by atoms with Crippen molar-refractivity contribution in [2.24, 2.45) is 0 Å². The van der Waals surface area contributed by atoms with Crippen molar-refractivity contribution < 1.29 is 14.3 Å². The Morgan fingerprint density at radius 1 is 0.963 bits per heavy atom. The van der Waals surface area contributed by atoms with Crippen LogP contribution in [0.3, 0.4) is 0 Å². The Balaban J connectivity index is 2.01. The van der Waals surface area contributed by atoms with Gasteiger partial charge in [-0.2, -0.15) is 0 Å². The van der Waals surface area contributed by atoms with Crippen molar-refractivity contribution >= 4 is 17.5 Å². The predicted octanol–water partition coefficient (Wildman–Crippen LogP) is 3.02. The van der Waals surface area contributed by atoms with Gasteiger partial charge in [0, 0.05) is 24.2 Å². The Bertz CT molecular complexity index is 770. The zero-order chi connectivity index (χ0) is 19.8. The van der Waals surface area contributed by atoms with Gasteiger partial charge in [0.05, 0.1) is 11.8 Å². The fourth-order valence-electron chi connectivity index (χ4n) is 2.39. The second-order valence-electron chi connectivity index (χ2n) is 6.75. The van der Waals surface area contributed by atoms with Gasteiger partial charge >= 0.3 is 0 Å². The molecule has 6 nitrogen and oxygen atoms in total. The van der Waals surface area contributed by atoms with Gasteiger partial charge in [0.15, 0.2) is 0 Å². The first kappa shape index (κ1) is 20.5. The molecule has 2 aromatic rings. The average molecular weight is 369 g/mol. The van der Waals surface area contributed by atoms with Crippen LogP contribution in [0.1, 0.15) is 34.6 Å². The molecular formula is C21H27N3O3.